The highest BCUT2D eigenvalue weighted by Gasteiger charge is 2.76. The lowest BCUT2D eigenvalue weighted by Crippen LogP contribution is -2.63. The van der Waals surface area contributed by atoms with Gasteiger partial charge in [-0.25, -0.2) is 4.79 Å². The maximum Gasteiger partial charge on any atom is 0.438 e. The number of carbonyl (C=O) groups is 1. The summed E-state index contributed by atoms with van der Waals surface area (Å²) < 4.78 is 112. The Bertz CT molecular complexity index is 757. The quantitative estimate of drug-likeness (QED) is 0.463. The second-order valence-electron chi connectivity index (χ2n) is 4.92. The number of hydrogen-bond donors (Lipinski definition) is 1. The summed E-state index contributed by atoms with van der Waals surface area (Å²) in [6.45, 7) is 1.37. The van der Waals surface area contributed by atoms with Gasteiger partial charge in [-0.15, -0.1) is 0 Å². The number of carbonyl (C=O) groups excluding carboxylic acids is 1. The summed E-state index contributed by atoms with van der Waals surface area (Å²) in [5.74, 6) is -5.12. The van der Waals surface area contributed by atoms with E-state index in [4.69, 9.17) is 16.2 Å². The first-order chi connectivity index (χ1) is 11.0. The Morgan fingerprint density at radius 3 is 2.04 bits per heavy atom. The fourth-order valence-electron chi connectivity index (χ4n) is 1.74. The molecule has 1 aromatic rings. The first-order valence-electron chi connectivity index (χ1n) is 6.08. The lowest BCUT2D eigenvalue weighted by Gasteiger charge is -2.35. The summed E-state index contributed by atoms with van der Waals surface area (Å²) in [5, 5.41) is -0.513. The van der Waals surface area contributed by atoms with Crippen LogP contribution in [0.5, 0.6) is 0 Å². The summed E-state index contributed by atoms with van der Waals surface area (Å²) in [4.78, 5) is 11.8. The van der Waals surface area contributed by atoms with Gasteiger partial charge >= 0.3 is 23.9 Å². The SMILES string of the molecule is Cc1ccc(Cl)c(C(=O)OC(CS(=O)(=O)O)(C(F)(F)F)C(F)(F)F)c1. The zero-order chi connectivity index (χ0) is 19.8. The molecule has 0 aromatic heterocycles. The van der Waals surface area contributed by atoms with Crippen LogP contribution in [0.25, 0.3) is 0 Å². The van der Waals surface area contributed by atoms with Crippen molar-refractivity contribution in [2.75, 3.05) is 5.75 Å². The molecule has 0 spiro atoms. The van der Waals surface area contributed by atoms with Gasteiger partial charge in [0.1, 0.15) is 5.75 Å². The molecule has 0 heterocycles. The van der Waals surface area contributed by atoms with Crippen molar-refractivity contribution >= 4 is 27.7 Å². The van der Waals surface area contributed by atoms with Gasteiger partial charge in [-0.1, -0.05) is 23.2 Å². The largest absolute Gasteiger partial charge is 0.438 e. The van der Waals surface area contributed by atoms with Gasteiger partial charge in [0.05, 0.1) is 10.6 Å². The van der Waals surface area contributed by atoms with Crippen LogP contribution in [0.15, 0.2) is 18.2 Å². The third-order valence-corrected chi connectivity index (χ3v) is 4.01. The molecule has 0 radical (unpaired) electrons. The molecule has 0 atom stereocenters. The van der Waals surface area contributed by atoms with Crippen LogP contribution in [-0.4, -0.2) is 42.6 Å². The van der Waals surface area contributed by atoms with Crippen molar-refractivity contribution in [1.82, 2.24) is 0 Å². The lowest BCUT2D eigenvalue weighted by molar-refractivity contribution is -0.356. The van der Waals surface area contributed by atoms with Gasteiger partial charge in [-0.2, -0.15) is 34.8 Å². The third-order valence-electron chi connectivity index (χ3n) is 2.91. The predicted molar refractivity (Wildman–Crippen MR) is 72.9 cm³/mol. The molecular weight excluding hydrogens is 406 g/mol. The first-order valence-corrected chi connectivity index (χ1v) is 8.07. The summed E-state index contributed by atoms with van der Waals surface area (Å²) in [7, 11) is -5.84. The minimum Gasteiger partial charge on any atom is -0.435 e. The van der Waals surface area contributed by atoms with Crippen LogP contribution in [-0.2, 0) is 14.9 Å². The molecule has 0 aliphatic carbocycles. The van der Waals surface area contributed by atoms with Crippen LogP contribution in [0.1, 0.15) is 15.9 Å². The standard InChI is InChI=1S/C12H9ClF6O5S/c1-6-2-3-8(13)7(4-6)9(20)24-10(11(14,15)16,12(17,18)19)5-25(21,22)23/h2-4H,5H2,1H3,(H,21,22,23). The Balaban J connectivity index is 3.53. The summed E-state index contributed by atoms with van der Waals surface area (Å²) in [6.07, 6.45) is -12.8. The van der Waals surface area contributed by atoms with Crippen molar-refractivity contribution in [2.24, 2.45) is 0 Å². The normalized spacial score (nSPS) is 13.6. The molecule has 142 valence electrons. The molecule has 0 saturated heterocycles. The van der Waals surface area contributed by atoms with Crippen molar-refractivity contribution in [2.45, 2.75) is 24.9 Å². The number of hydrogen-bond acceptors (Lipinski definition) is 4. The van der Waals surface area contributed by atoms with E-state index in [9.17, 15) is 39.6 Å². The topological polar surface area (TPSA) is 80.7 Å². The van der Waals surface area contributed by atoms with Crippen LogP contribution < -0.4 is 0 Å². The van der Waals surface area contributed by atoms with Gasteiger partial charge < -0.3 is 4.74 Å². The Labute approximate surface area is 142 Å². The molecule has 1 rings (SSSR count). The number of aryl methyl sites for hydroxylation is 1. The molecule has 13 heteroatoms. The number of esters is 1. The Morgan fingerprint density at radius 1 is 1.16 bits per heavy atom. The summed E-state index contributed by atoms with van der Waals surface area (Å²) >= 11 is 5.55. The molecule has 0 aliphatic rings. The fraction of sp³-hybridized carbons (Fsp3) is 0.417. The minimum absolute atomic E-state index is 0.260. The van der Waals surface area contributed by atoms with Crippen molar-refractivity contribution in [1.29, 1.82) is 0 Å². The highest BCUT2D eigenvalue weighted by Crippen LogP contribution is 2.47. The summed E-state index contributed by atoms with van der Waals surface area (Å²) in [6, 6.07) is 3.20. The van der Waals surface area contributed by atoms with E-state index in [1.807, 2.05) is 0 Å². The van der Waals surface area contributed by atoms with E-state index in [-0.39, 0.29) is 5.56 Å². The minimum atomic E-state index is -6.40. The molecule has 0 saturated carbocycles. The molecule has 0 fully saturated rings. The van der Waals surface area contributed by atoms with Crippen molar-refractivity contribution in [3.8, 4) is 0 Å². The number of halogens is 7. The van der Waals surface area contributed by atoms with Crippen molar-refractivity contribution in [3.63, 3.8) is 0 Å². The van der Waals surface area contributed by atoms with Crippen LogP contribution in [0.4, 0.5) is 26.3 Å². The van der Waals surface area contributed by atoms with Gasteiger partial charge in [-0.3, -0.25) is 4.55 Å². The van der Waals surface area contributed by atoms with Crippen LogP contribution in [0.3, 0.4) is 0 Å². The zero-order valence-corrected chi connectivity index (χ0v) is 13.6. The fourth-order valence-corrected chi connectivity index (χ4v) is 2.83. The maximum absolute atomic E-state index is 13.1. The molecule has 5 nitrogen and oxygen atoms in total. The molecule has 0 amide bonds. The van der Waals surface area contributed by atoms with Crippen molar-refractivity contribution in [3.05, 3.63) is 34.3 Å². The zero-order valence-electron chi connectivity index (χ0n) is 12.1. The average Bonchev–Trinajstić information content (AvgIpc) is 2.36. The smallest absolute Gasteiger partial charge is 0.435 e. The number of rotatable bonds is 4. The maximum atomic E-state index is 13.1. The Morgan fingerprint density at radius 2 is 1.64 bits per heavy atom. The highest BCUT2D eigenvalue weighted by molar-refractivity contribution is 7.85. The molecule has 25 heavy (non-hydrogen) atoms. The molecule has 1 N–H and O–H groups in total. The van der Waals surface area contributed by atoms with Gasteiger partial charge in [0, 0.05) is 0 Å². The van der Waals surface area contributed by atoms with Crippen molar-refractivity contribution < 1.29 is 48.8 Å². The second-order valence-corrected chi connectivity index (χ2v) is 6.78. The third kappa shape index (κ3) is 4.76. The van der Waals surface area contributed by atoms with E-state index in [0.717, 1.165) is 12.1 Å². The van der Waals surface area contributed by atoms with Crippen LogP contribution in [0, 0.1) is 6.92 Å². The molecular formula is C12H9ClF6O5S. The first kappa shape index (κ1) is 21.5. The van der Waals surface area contributed by atoms with E-state index >= 15 is 0 Å². The van der Waals surface area contributed by atoms with E-state index in [1.165, 1.54) is 13.0 Å². The van der Waals surface area contributed by atoms with Gasteiger partial charge in [-0.05, 0) is 19.1 Å². The number of benzene rings is 1. The second kappa shape index (κ2) is 6.65. The molecule has 0 aliphatic heterocycles. The average molecular weight is 415 g/mol. The molecule has 1 aromatic carbocycles. The van der Waals surface area contributed by atoms with E-state index in [2.05, 4.69) is 4.74 Å². The molecule has 0 unspecified atom stereocenters. The predicted octanol–water partition coefficient (Wildman–Crippen LogP) is 3.56. The van der Waals surface area contributed by atoms with E-state index < -0.39 is 50.4 Å². The monoisotopic (exact) mass is 414 g/mol. The summed E-state index contributed by atoms with van der Waals surface area (Å²) in [5.41, 5.74) is -6.05. The van der Waals surface area contributed by atoms with Crippen LogP contribution >= 0.6 is 11.6 Å². The van der Waals surface area contributed by atoms with Gasteiger partial charge in [0.15, 0.2) is 0 Å². The Kier molecular flexibility index (Phi) is 5.72. The lowest BCUT2D eigenvalue weighted by atomic mass is 10.0. The molecule has 0 bridgehead atoms. The van der Waals surface area contributed by atoms with E-state index in [0.29, 0.717) is 0 Å². The number of ether oxygens (including phenoxy) is 1. The van der Waals surface area contributed by atoms with E-state index in [1.54, 1.807) is 0 Å². The van der Waals surface area contributed by atoms with Gasteiger partial charge in [0.25, 0.3) is 10.1 Å². The highest BCUT2D eigenvalue weighted by atomic mass is 35.5. The van der Waals surface area contributed by atoms with Crippen LogP contribution in [0.2, 0.25) is 5.02 Å². The Hall–Kier alpha value is -1.53. The van der Waals surface area contributed by atoms with Gasteiger partial charge in [0.2, 0.25) is 0 Å². The number of alkyl halides is 6.